The molecule has 7 nitrogen and oxygen atoms in total. The minimum atomic E-state index is -0.510. The standard InChI is InChI=1S/C13H14N2O5/c1-18-12(19-2)8-20-11-6-5-10(15(16)17)9-4-3-7-14-13(9)11/h3-7,12H,8H2,1-2H3. The molecule has 7 heteroatoms. The third-order valence-electron chi connectivity index (χ3n) is 2.81. The SMILES string of the molecule is COC(COc1ccc([N+](=O)[O-])c2cccnc12)OC. The summed E-state index contributed by atoms with van der Waals surface area (Å²) >= 11 is 0. The van der Waals surface area contributed by atoms with Crippen LogP contribution in [0.4, 0.5) is 5.69 Å². The number of methoxy groups -OCH3 is 2. The summed E-state index contributed by atoms with van der Waals surface area (Å²) in [7, 11) is 3.01. The number of pyridine rings is 1. The number of rotatable bonds is 6. The number of fused-ring (bicyclic) bond motifs is 1. The first-order valence-corrected chi connectivity index (χ1v) is 5.88. The first-order valence-electron chi connectivity index (χ1n) is 5.88. The summed E-state index contributed by atoms with van der Waals surface area (Å²) in [5.41, 5.74) is 0.433. The highest BCUT2D eigenvalue weighted by Gasteiger charge is 2.16. The molecule has 2 rings (SSSR count). The van der Waals surface area contributed by atoms with Crippen LogP contribution < -0.4 is 4.74 Å². The highest BCUT2D eigenvalue weighted by molar-refractivity contribution is 5.92. The molecular formula is C13H14N2O5. The number of nitrogens with zero attached hydrogens (tertiary/aromatic N) is 2. The molecule has 0 aliphatic carbocycles. The van der Waals surface area contributed by atoms with Crippen LogP contribution in [-0.4, -0.2) is 37.0 Å². The summed E-state index contributed by atoms with van der Waals surface area (Å²) in [5, 5.41) is 11.4. The van der Waals surface area contributed by atoms with Gasteiger partial charge in [0.25, 0.3) is 5.69 Å². The lowest BCUT2D eigenvalue weighted by Crippen LogP contribution is -2.22. The van der Waals surface area contributed by atoms with Gasteiger partial charge in [-0.25, -0.2) is 0 Å². The number of nitro benzene ring substituents is 1. The Morgan fingerprint density at radius 1 is 1.30 bits per heavy atom. The van der Waals surface area contributed by atoms with Crippen molar-refractivity contribution in [1.82, 2.24) is 4.98 Å². The van der Waals surface area contributed by atoms with Crippen LogP contribution in [0.25, 0.3) is 10.9 Å². The van der Waals surface area contributed by atoms with Crippen molar-refractivity contribution >= 4 is 16.6 Å². The second-order valence-corrected chi connectivity index (χ2v) is 3.95. The first kappa shape index (κ1) is 14.2. The molecule has 0 amide bonds. The van der Waals surface area contributed by atoms with Gasteiger partial charge in [0.2, 0.25) is 0 Å². The molecule has 0 saturated carbocycles. The average molecular weight is 278 g/mol. The Kier molecular flexibility index (Phi) is 4.44. The van der Waals surface area contributed by atoms with E-state index in [-0.39, 0.29) is 12.3 Å². The minimum absolute atomic E-state index is 0.00418. The van der Waals surface area contributed by atoms with Crippen LogP contribution in [0.3, 0.4) is 0 Å². The predicted octanol–water partition coefficient (Wildman–Crippen LogP) is 2.14. The lowest BCUT2D eigenvalue weighted by Gasteiger charge is -2.15. The smallest absolute Gasteiger partial charge is 0.279 e. The van der Waals surface area contributed by atoms with Crippen molar-refractivity contribution in [2.75, 3.05) is 20.8 Å². The molecule has 20 heavy (non-hydrogen) atoms. The van der Waals surface area contributed by atoms with Gasteiger partial charge in [-0.15, -0.1) is 0 Å². The van der Waals surface area contributed by atoms with Gasteiger partial charge in [0.1, 0.15) is 17.9 Å². The van der Waals surface area contributed by atoms with Gasteiger partial charge in [-0.05, 0) is 18.2 Å². The molecule has 0 bridgehead atoms. The van der Waals surface area contributed by atoms with Crippen molar-refractivity contribution in [2.45, 2.75) is 6.29 Å². The molecule has 0 radical (unpaired) electrons. The van der Waals surface area contributed by atoms with Crippen LogP contribution in [0.1, 0.15) is 0 Å². The molecule has 0 aliphatic heterocycles. The molecule has 0 spiro atoms. The molecule has 2 aromatic rings. The Hall–Kier alpha value is -2.25. The van der Waals surface area contributed by atoms with Gasteiger partial charge < -0.3 is 14.2 Å². The van der Waals surface area contributed by atoms with Crippen LogP contribution in [-0.2, 0) is 9.47 Å². The topological polar surface area (TPSA) is 83.7 Å². The number of non-ortho nitro benzene ring substituents is 1. The second kappa shape index (κ2) is 6.27. The number of hydrogen-bond donors (Lipinski definition) is 0. The highest BCUT2D eigenvalue weighted by Crippen LogP contribution is 2.31. The molecule has 1 aromatic heterocycles. The fourth-order valence-electron chi connectivity index (χ4n) is 1.80. The molecule has 0 fully saturated rings. The molecule has 0 saturated heterocycles. The summed E-state index contributed by atoms with van der Waals surface area (Å²) < 4.78 is 15.6. The zero-order chi connectivity index (χ0) is 14.5. The van der Waals surface area contributed by atoms with Crippen molar-refractivity contribution in [2.24, 2.45) is 0 Å². The summed E-state index contributed by atoms with van der Waals surface area (Å²) in [6.45, 7) is 0.163. The van der Waals surface area contributed by atoms with Crippen molar-refractivity contribution < 1.29 is 19.1 Å². The summed E-state index contributed by atoms with van der Waals surface area (Å²) in [5.74, 6) is 0.449. The Morgan fingerprint density at radius 3 is 2.70 bits per heavy atom. The number of hydrogen-bond acceptors (Lipinski definition) is 6. The van der Waals surface area contributed by atoms with Crippen LogP contribution >= 0.6 is 0 Å². The van der Waals surface area contributed by atoms with Crippen molar-refractivity contribution in [3.8, 4) is 5.75 Å². The van der Waals surface area contributed by atoms with Crippen molar-refractivity contribution in [3.05, 3.63) is 40.6 Å². The van der Waals surface area contributed by atoms with E-state index in [1.807, 2.05) is 0 Å². The summed E-state index contributed by atoms with van der Waals surface area (Å²) in [6.07, 6.45) is 1.05. The predicted molar refractivity (Wildman–Crippen MR) is 71.7 cm³/mol. The zero-order valence-corrected chi connectivity index (χ0v) is 11.1. The lowest BCUT2D eigenvalue weighted by molar-refractivity contribution is -0.383. The number of ether oxygens (including phenoxy) is 3. The van der Waals surface area contributed by atoms with E-state index in [9.17, 15) is 10.1 Å². The normalized spacial score (nSPS) is 10.9. The van der Waals surface area contributed by atoms with Gasteiger partial charge in [-0.3, -0.25) is 15.1 Å². The largest absolute Gasteiger partial charge is 0.486 e. The zero-order valence-electron chi connectivity index (χ0n) is 11.1. The third-order valence-corrected chi connectivity index (χ3v) is 2.81. The van der Waals surface area contributed by atoms with E-state index in [0.29, 0.717) is 16.7 Å². The Bertz CT molecular complexity index is 613. The molecule has 1 heterocycles. The maximum absolute atomic E-state index is 11.0. The van der Waals surface area contributed by atoms with E-state index in [1.54, 1.807) is 18.3 Å². The summed E-state index contributed by atoms with van der Waals surface area (Å²) in [4.78, 5) is 14.7. The number of benzene rings is 1. The second-order valence-electron chi connectivity index (χ2n) is 3.95. The Balaban J connectivity index is 2.36. The minimum Gasteiger partial charge on any atom is -0.486 e. The Labute approximate surface area is 115 Å². The molecule has 1 aromatic carbocycles. The van der Waals surface area contributed by atoms with Gasteiger partial charge in [0.05, 0.1) is 10.3 Å². The molecule has 0 unspecified atom stereocenters. The van der Waals surface area contributed by atoms with E-state index in [4.69, 9.17) is 14.2 Å². The molecular weight excluding hydrogens is 264 g/mol. The molecule has 0 atom stereocenters. The summed E-state index contributed by atoms with van der Waals surface area (Å²) in [6, 6.07) is 6.20. The van der Waals surface area contributed by atoms with E-state index >= 15 is 0 Å². The fourth-order valence-corrected chi connectivity index (χ4v) is 1.80. The molecule has 0 N–H and O–H groups in total. The maximum atomic E-state index is 11.0. The van der Waals surface area contributed by atoms with Crippen molar-refractivity contribution in [1.29, 1.82) is 0 Å². The highest BCUT2D eigenvalue weighted by atomic mass is 16.7. The first-order chi connectivity index (χ1) is 9.67. The van der Waals surface area contributed by atoms with Crippen molar-refractivity contribution in [3.63, 3.8) is 0 Å². The Morgan fingerprint density at radius 2 is 2.05 bits per heavy atom. The monoisotopic (exact) mass is 278 g/mol. The van der Waals surface area contributed by atoms with Gasteiger partial charge >= 0.3 is 0 Å². The lowest BCUT2D eigenvalue weighted by atomic mass is 10.1. The van der Waals surface area contributed by atoms with Gasteiger partial charge in [0.15, 0.2) is 6.29 Å². The fraction of sp³-hybridized carbons (Fsp3) is 0.308. The van der Waals surface area contributed by atoms with Crippen LogP contribution in [0, 0.1) is 10.1 Å². The van der Waals surface area contributed by atoms with E-state index in [2.05, 4.69) is 4.98 Å². The van der Waals surface area contributed by atoms with Crippen LogP contribution in [0.5, 0.6) is 5.75 Å². The molecule has 0 aliphatic rings. The van der Waals surface area contributed by atoms with Gasteiger partial charge in [0, 0.05) is 26.5 Å². The van der Waals surface area contributed by atoms with Crippen LogP contribution in [0.15, 0.2) is 30.5 Å². The maximum Gasteiger partial charge on any atom is 0.279 e. The van der Waals surface area contributed by atoms with Gasteiger partial charge in [-0.1, -0.05) is 0 Å². The van der Waals surface area contributed by atoms with E-state index < -0.39 is 11.2 Å². The van der Waals surface area contributed by atoms with E-state index in [1.165, 1.54) is 26.4 Å². The molecule has 106 valence electrons. The van der Waals surface area contributed by atoms with Gasteiger partial charge in [-0.2, -0.15) is 0 Å². The third kappa shape index (κ3) is 2.84. The van der Waals surface area contributed by atoms with E-state index in [0.717, 1.165) is 0 Å². The number of nitro groups is 1. The average Bonchev–Trinajstić information content (AvgIpc) is 2.47. The quantitative estimate of drug-likeness (QED) is 0.457. The number of aromatic nitrogens is 1. The van der Waals surface area contributed by atoms with Crippen LogP contribution in [0.2, 0.25) is 0 Å².